The van der Waals surface area contributed by atoms with Gasteiger partial charge in [0.25, 0.3) is 0 Å². The average Bonchev–Trinajstić information content (AvgIpc) is 3.35. The van der Waals surface area contributed by atoms with E-state index >= 15 is 0 Å². The summed E-state index contributed by atoms with van der Waals surface area (Å²) in [6.07, 6.45) is 3.42. The number of methoxy groups -OCH3 is 1. The van der Waals surface area contributed by atoms with Crippen LogP contribution in [-0.4, -0.2) is 79.3 Å². The third-order valence-corrected chi connectivity index (χ3v) is 7.86. The molecule has 37 heavy (non-hydrogen) atoms. The summed E-state index contributed by atoms with van der Waals surface area (Å²) in [5.74, 6) is 0.806. The molecule has 4 atom stereocenters. The van der Waals surface area contributed by atoms with Crippen molar-refractivity contribution in [1.82, 2.24) is 20.1 Å². The van der Waals surface area contributed by atoms with Gasteiger partial charge in [0.1, 0.15) is 0 Å². The second-order valence-electron chi connectivity index (χ2n) is 10.4. The Morgan fingerprint density at radius 1 is 1.35 bits per heavy atom. The molecule has 0 bridgehead atoms. The molecule has 2 aliphatic heterocycles. The van der Waals surface area contributed by atoms with Crippen LogP contribution >= 0.6 is 0 Å². The zero-order valence-corrected chi connectivity index (χ0v) is 21.3. The fourth-order valence-electron chi connectivity index (χ4n) is 5.70. The van der Waals surface area contributed by atoms with Gasteiger partial charge in [-0.1, -0.05) is 0 Å². The molecule has 0 spiro atoms. The number of rotatable bonds is 9. The second kappa shape index (κ2) is 12.4. The Kier molecular flexibility index (Phi) is 9.27. The van der Waals surface area contributed by atoms with Gasteiger partial charge in [0.05, 0.1) is 18.3 Å². The largest absolute Gasteiger partial charge is 0.417 e. The summed E-state index contributed by atoms with van der Waals surface area (Å²) in [4.78, 5) is 20.0. The average molecular weight is 524 g/mol. The minimum atomic E-state index is -4.46. The van der Waals surface area contributed by atoms with Crippen molar-refractivity contribution in [3.05, 3.63) is 29.1 Å². The summed E-state index contributed by atoms with van der Waals surface area (Å²) >= 11 is 0. The van der Waals surface area contributed by atoms with E-state index in [4.69, 9.17) is 9.47 Å². The van der Waals surface area contributed by atoms with E-state index in [1.165, 1.54) is 0 Å². The van der Waals surface area contributed by atoms with E-state index < -0.39 is 11.7 Å². The molecule has 2 fully saturated rings. The minimum absolute atomic E-state index is 0.0777. The van der Waals surface area contributed by atoms with E-state index in [0.29, 0.717) is 61.8 Å². The molecule has 1 aromatic heterocycles. The number of halogens is 3. The Balaban J connectivity index is 1.20. The Bertz CT molecular complexity index is 970. The highest BCUT2D eigenvalue weighted by Gasteiger charge is 2.33. The predicted octanol–water partition coefficient (Wildman–Crippen LogP) is 2.97. The molecule has 3 heterocycles. The Morgan fingerprint density at radius 3 is 2.92 bits per heavy atom. The smallest absolute Gasteiger partial charge is 0.379 e. The molecular weight excluding hydrogens is 487 g/mol. The first-order valence-corrected chi connectivity index (χ1v) is 13.1. The first-order valence-electron chi connectivity index (χ1n) is 13.1. The summed E-state index contributed by atoms with van der Waals surface area (Å²) < 4.78 is 50.1. The highest BCUT2D eigenvalue weighted by Crippen LogP contribution is 2.32. The lowest BCUT2D eigenvalue weighted by molar-refractivity contribution is -0.137. The van der Waals surface area contributed by atoms with Gasteiger partial charge in [-0.15, -0.1) is 0 Å². The standard InChI is InChI=1S/C26H36F3N5O3/c1-36-24-16-37-9-6-23(24)31-12-18-2-3-19(10-18)14-33(17-30)7-5-25(35)34-8-4-22-20(15-34)11-21(13-32-22)26(27,28)29/h11,13,18-19,23-24,31H,2-10,12,14-16H2,1H3/t18-,19-,23?,24?/m0/s1. The maximum absolute atomic E-state index is 13.0. The molecule has 2 unspecified atom stereocenters. The van der Waals surface area contributed by atoms with Gasteiger partial charge in [0, 0.05) is 70.7 Å². The van der Waals surface area contributed by atoms with Gasteiger partial charge >= 0.3 is 6.18 Å². The number of nitrogens with one attached hydrogen (secondary N) is 1. The minimum Gasteiger partial charge on any atom is -0.379 e. The third kappa shape index (κ3) is 7.33. The highest BCUT2D eigenvalue weighted by molar-refractivity contribution is 5.76. The second-order valence-corrected chi connectivity index (χ2v) is 10.4. The number of nitriles is 1. The molecule has 0 radical (unpaired) electrons. The molecular formula is C26H36F3N5O3. The first kappa shape index (κ1) is 27.6. The number of carbonyl (C=O) groups excluding carboxylic acids is 1. The van der Waals surface area contributed by atoms with Gasteiger partial charge in [-0.2, -0.15) is 18.4 Å². The van der Waals surface area contributed by atoms with E-state index in [1.807, 2.05) is 0 Å². The van der Waals surface area contributed by atoms with Crippen molar-refractivity contribution in [1.29, 1.82) is 5.26 Å². The van der Waals surface area contributed by atoms with E-state index in [9.17, 15) is 23.2 Å². The van der Waals surface area contributed by atoms with Gasteiger partial charge in [0.15, 0.2) is 6.19 Å². The normalized spacial score (nSPS) is 26.0. The predicted molar refractivity (Wildman–Crippen MR) is 129 cm³/mol. The van der Waals surface area contributed by atoms with Crippen molar-refractivity contribution < 1.29 is 27.4 Å². The van der Waals surface area contributed by atoms with Crippen LogP contribution in [0, 0.1) is 23.3 Å². The fraction of sp³-hybridized carbons (Fsp3) is 0.731. The fourth-order valence-corrected chi connectivity index (χ4v) is 5.70. The van der Waals surface area contributed by atoms with Crippen molar-refractivity contribution in [2.24, 2.45) is 11.8 Å². The lowest BCUT2D eigenvalue weighted by Crippen LogP contribution is -2.48. The molecule has 1 amide bonds. The lowest BCUT2D eigenvalue weighted by Gasteiger charge is -2.32. The van der Waals surface area contributed by atoms with Crippen molar-refractivity contribution in [3.63, 3.8) is 0 Å². The third-order valence-electron chi connectivity index (χ3n) is 7.86. The summed E-state index contributed by atoms with van der Waals surface area (Å²) in [5, 5.41) is 13.3. The van der Waals surface area contributed by atoms with Gasteiger partial charge in [-0.25, -0.2) is 0 Å². The number of hydrogen-bond acceptors (Lipinski definition) is 7. The van der Waals surface area contributed by atoms with Crippen molar-refractivity contribution in [3.8, 4) is 6.19 Å². The number of nitrogens with zero attached hydrogens (tertiary/aromatic N) is 4. The molecule has 1 aliphatic carbocycles. The number of ether oxygens (including phenoxy) is 2. The Morgan fingerprint density at radius 2 is 2.16 bits per heavy atom. The molecule has 0 aromatic carbocycles. The van der Waals surface area contributed by atoms with E-state index in [1.54, 1.807) is 16.9 Å². The molecule has 4 rings (SSSR count). The molecule has 8 nitrogen and oxygen atoms in total. The number of aromatic nitrogens is 1. The number of amides is 1. The molecule has 1 N–H and O–H groups in total. The van der Waals surface area contributed by atoms with Crippen LogP contribution in [0.3, 0.4) is 0 Å². The van der Waals surface area contributed by atoms with Crippen LogP contribution in [0.5, 0.6) is 0 Å². The maximum Gasteiger partial charge on any atom is 0.417 e. The number of alkyl halides is 3. The molecule has 1 aromatic rings. The Hall–Kier alpha value is -2.42. The van der Waals surface area contributed by atoms with E-state index in [-0.39, 0.29) is 25.0 Å². The van der Waals surface area contributed by atoms with Crippen LogP contribution in [0.2, 0.25) is 0 Å². The number of pyridine rings is 1. The SMILES string of the molecule is COC1COCCC1NC[C@H]1CC[C@H](CN(C#N)CCC(=O)N2CCc3ncc(C(F)(F)F)cc3C2)C1. The number of fused-ring (bicyclic) bond motifs is 1. The monoisotopic (exact) mass is 523 g/mol. The van der Waals surface area contributed by atoms with Crippen molar-refractivity contribution in [2.75, 3.05) is 46.5 Å². The van der Waals surface area contributed by atoms with Crippen LogP contribution in [0.15, 0.2) is 12.3 Å². The maximum atomic E-state index is 13.0. The van der Waals surface area contributed by atoms with Gasteiger partial charge in [-0.3, -0.25) is 9.78 Å². The molecule has 1 saturated heterocycles. The lowest BCUT2D eigenvalue weighted by atomic mass is 10.0. The van der Waals surface area contributed by atoms with Gasteiger partial charge in [-0.05, 0) is 55.7 Å². The zero-order chi connectivity index (χ0) is 26.4. The van der Waals surface area contributed by atoms with Crippen LogP contribution in [0.1, 0.15) is 48.9 Å². The van der Waals surface area contributed by atoms with Crippen LogP contribution in [0.4, 0.5) is 13.2 Å². The zero-order valence-electron chi connectivity index (χ0n) is 21.3. The molecule has 1 saturated carbocycles. The summed E-state index contributed by atoms with van der Waals surface area (Å²) in [6, 6.07) is 1.39. The quantitative estimate of drug-likeness (QED) is 0.393. The number of hydrogen-bond donors (Lipinski definition) is 1. The number of carbonyl (C=O) groups is 1. The topological polar surface area (TPSA) is 90.7 Å². The Labute approximate surface area is 216 Å². The summed E-state index contributed by atoms with van der Waals surface area (Å²) in [6.45, 7) is 3.77. The van der Waals surface area contributed by atoms with Gasteiger partial charge < -0.3 is 24.6 Å². The highest BCUT2D eigenvalue weighted by atomic mass is 19.4. The first-order chi connectivity index (χ1) is 17.8. The summed E-state index contributed by atoms with van der Waals surface area (Å²) in [5.41, 5.74) is 0.248. The van der Waals surface area contributed by atoms with Crippen LogP contribution < -0.4 is 5.32 Å². The molecule has 204 valence electrons. The van der Waals surface area contributed by atoms with Crippen molar-refractivity contribution in [2.45, 2.75) is 63.4 Å². The molecule has 3 aliphatic rings. The van der Waals surface area contributed by atoms with Crippen LogP contribution in [-0.2, 0) is 33.4 Å². The summed E-state index contributed by atoms with van der Waals surface area (Å²) in [7, 11) is 1.71. The molecule has 11 heteroatoms. The van der Waals surface area contributed by atoms with Gasteiger partial charge in [0.2, 0.25) is 5.91 Å². The van der Waals surface area contributed by atoms with Crippen LogP contribution in [0.25, 0.3) is 0 Å². The van der Waals surface area contributed by atoms with E-state index in [2.05, 4.69) is 16.5 Å². The van der Waals surface area contributed by atoms with E-state index in [0.717, 1.165) is 51.1 Å². The van der Waals surface area contributed by atoms with Crippen molar-refractivity contribution >= 4 is 5.91 Å².